The molecule has 2 saturated heterocycles. The van der Waals surface area contributed by atoms with Crippen molar-refractivity contribution < 1.29 is 218 Å². The number of fused-ring (bicyclic) bond motifs is 8. The molecule has 0 aromatic heterocycles. The van der Waals surface area contributed by atoms with Crippen LogP contribution in [0.4, 0.5) is 0 Å². The van der Waals surface area contributed by atoms with Crippen molar-refractivity contribution in [2.45, 2.75) is 61.4 Å². The van der Waals surface area contributed by atoms with Crippen molar-refractivity contribution in [1.29, 1.82) is 0 Å². The first-order valence-corrected chi connectivity index (χ1v) is 31.1. The second-order valence-corrected chi connectivity index (χ2v) is 24.3. The maximum absolute atomic E-state index is 15.2. The third-order valence-electron chi connectivity index (χ3n) is 17.3. The highest BCUT2D eigenvalue weighted by atomic mass is 16.8. The van der Waals surface area contributed by atoms with Gasteiger partial charge in [0.1, 0.15) is 43.2 Å². The van der Waals surface area contributed by atoms with Gasteiger partial charge in [-0.25, -0.2) is 38.4 Å². The van der Waals surface area contributed by atoms with Crippen LogP contribution < -0.4 is 4.74 Å². The summed E-state index contributed by atoms with van der Waals surface area (Å²) >= 11 is 0. The largest absolute Gasteiger partial charge is 0.504 e. The summed E-state index contributed by atoms with van der Waals surface area (Å²) in [5.74, 6) is -51.3. The van der Waals surface area contributed by atoms with Crippen LogP contribution in [0.5, 0.6) is 144 Å². The van der Waals surface area contributed by atoms with Gasteiger partial charge >= 0.3 is 47.8 Å². The van der Waals surface area contributed by atoms with E-state index < -0.39 is 333 Å². The molecule has 0 amide bonds. The fourth-order valence-corrected chi connectivity index (χ4v) is 11.8. The summed E-state index contributed by atoms with van der Waals surface area (Å²) in [6.07, 6.45) is -26.0. The van der Waals surface area contributed by atoms with Crippen molar-refractivity contribution >= 4 is 47.8 Å². The molecule has 0 radical (unpaired) electrons. The maximum Gasteiger partial charge on any atom is 0.344 e. The van der Waals surface area contributed by atoms with Gasteiger partial charge < -0.3 is 180 Å². The number of ether oxygens (including phenoxy) is 11. The van der Waals surface area contributed by atoms with Gasteiger partial charge in [0.15, 0.2) is 128 Å². The smallest absolute Gasteiger partial charge is 0.344 e. The summed E-state index contributed by atoms with van der Waals surface area (Å²) in [7, 11) is 0. The van der Waals surface area contributed by atoms with Crippen LogP contribution in [0.15, 0.2) is 66.7 Å². The zero-order chi connectivity index (χ0) is 81.7. The highest BCUT2D eigenvalue weighted by molar-refractivity contribution is 6.10. The molecule has 1 unspecified atom stereocenters. The molecule has 12 rings (SSSR count). The Morgan fingerprint density at radius 2 is 0.634 bits per heavy atom. The first kappa shape index (κ1) is 76.2. The highest BCUT2D eigenvalue weighted by Gasteiger charge is 2.56. The number of esters is 8. The monoisotopic (exact) mass is 1570 g/mol. The number of hydrogen-bond acceptors (Lipinski definition) is 44. The zero-order valence-corrected chi connectivity index (χ0v) is 55.0. The van der Waals surface area contributed by atoms with Gasteiger partial charge in [-0.15, -0.1) is 0 Å². The normalized spacial score (nSPS) is 20.7. The van der Waals surface area contributed by atoms with Crippen LogP contribution in [-0.2, 0) is 47.4 Å². The lowest BCUT2D eigenvalue weighted by Gasteiger charge is -2.43. The first-order valence-electron chi connectivity index (χ1n) is 31.1. The Labute approximate surface area is 616 Å². The highest BCUT2D eigenvalue weighted by Crippen LogP contribution is 2.58. The predicted octanol–water partition coefficient (Wildman–Crippen LogP) is 1.77. The fourth-order valence-electron chi connectivity index (χ4n) is 11.8. The van der Waals surface area contributed by atoms with Gasteiger partial charge in [-0.2, -0.15) is 0 Å². The molecule has 4 aliphatic rings. The molecule has 8 aromatic carbocycles. The molecule has 0 aliphatic carbocycles. The Morgan fingerprint density at radius 1 is 0.312 bits per heavy atom. The fraction of sp³-hybridized carbons (Fsp3) is 0.176. The van der Waals surface area contributed by atoms with Crippen LogP contribution >= 0.6 is 0 Å². The van der Waals surface area contributed by atoms with Crippen LogP contribution in [0.1, 0.15) is 82.9 Å². The van der Waals surface area contributed by atoms with E-state index in [2.05, 4.69) is 0 Å². The average Bonchev–Trinajstić information content (AvgIpc) is 0.952. The van der Waals surface area contributed by atoms with Gasteiger partial charge in [0.05, 0.1) is 38.9 Å². The Morgan fingerprint density at radius 3 is 1.06 bits per heavy atom. The van der Waals surface area contributed by atoms with Gasteiger partial charge in [0.2, 0.25) is 53.2 Å². The van der Waals surface area contributed by atoms with Crippen molar-refractivity contribution in [2.75, 3.05) is 13.2 Å². The number of phenolic OH excluding ortho intramolecular Hbond substituents is 23. The SMILES string of the molecule is O=C(O[C@@H]1O[C@@H]2COC(=O)c3cc(Oc4c(C(=O)O[C@@H]5O[C@@H]6COC(=O)c7cc(O)c(O)c(O)c7-c7c(cc(O)c(O)c7O)C(=O)O[C@H]6[C@H](OC(=O)c6cc(O)c(O)c(O)c6)[C@H]5OC(=O)c5cc(O)c(O)c(O)c5)cc(O)c(O)c4O)c(O)c(O)c3-c3c(cc(O)c(O)c3O)C(=O)O[C@H]2[C@H](O)C1O)c1cc(O)c(O)c(O)c1. The average molecular weight is 1570 g/mol. The van der Waals surface area contributed by atoms with E-state index >= 15 is 4.79 Å². The van der Waals surface area contributed by atoms with E-state index in [1.807, 2.05) is 0 Å². The number of aromatic hydroxyl groups is 23. The van der Waals surface area contributed by atoms with Gasteiger partial charge in [0, 0.05) is 34.4 Å². The first-order chi connectivity index (χ1) is 52.7. The maximum atomic E-state index is 15.2. The van der Waals surface area contributed by atoms with Gasteiger partial charge in [-0.3, -0.25) is 0 Å². The molecule has 44 heteroatoms. The van der Waals surface area contributed by atoms with E-state index in [1.54, 1.807) is 0 Å². The molecule has 4 aliphatic heterocycles. The Hall–Kier alpha value is -15.4. The molecule has 25 N–H and O–H groups in total. The number of hydrogen-bond donors (Lipinski definition) is 25. The summed E-state index contributed by atoms with van der Waals surface area (Å²) in [5.41, 5.74) is -14.4. The molecule has 0 spiro atoms. The van der Waals surface area contributed by atoms with Crippen LogP contribution in [-0.4, -0.2) is 250 Å². The molecule has 10 atom stereocenters. The molecule has 586 valence electrons. The minimum Gasteiger partial charge on any atom is -0.504 e. The molecule has 0 saturated carbocycles. The zero-order valence-electron chi connectivity index (χ0n) is 55.0. The van der Waals surface area contributed by atoms with E-state index in [9.17, 15) is 161 Å². The van der Waals surface area contributed by atoms with Crippen LogP contribution in [0.2, 0.25) is 0 Å². The topological polar surface area (TPSA) is 744 Å². The summed E-state index contributed by atoms with van der Waals surface area (Å²) in [6, 6.07) is 4.07. The van der Waals surface area contributed by atoms with E-state index in [0.717, 1.165) is 0 Å². The molecule has 4 heterocycles. The molecular weight excluding hydrogens is 1520 g/mol. The lowest BCUT2D eigenvalue weighted by Crippen LogP contribution is -2.63. The third kappa shape index (κ3) is 13.2. The number of phenols is 23. The van der Waals surface area contributed by atoms with Crippen molar-refractivity contribution in [2.24, 2.45) is 0 Å². The second kappa shape index (κ2) is 28.4. The van der Waals surface area contributed by atoms with Crippen LogP contribution in [0.3, 0.4) is 0 Å². The summed E-state index contributed by atoms with van der Waals surface area (Å²) in [6.45, 7) is -2.90. The third-order valence-corrected chi connectivity index (χ3v) is 17.3. The lowest BCUT2D eigenvalue weighted by molar-refractivity contribution is -0.284. The number of aliphatic hydroxyl groups excluding tert-OH is 2. The molecule has 112 heavy (non-hydrogen) atoms. The van der Waals surface area contributed by atoms with Crippen molar-refractivity contribution in [3.8, 4) is 166 Å². The van der Waals surface area contributed by atoms with Crippen molar-refractivity contribution in [1.82, 2.24) is 0 Å². The van der Waals surface area contributed by atoms with Crippen molar-refractivity contribution in [3.63, 3.8) is 0 Å². The molecular formula is C68H50O44. The summed E-state index contributed by atoms with van der Waals surface area (Å²) in [4.78, 5) is 116. The molecule has 0 bridgehead atoms. The summed E-state index contributed by atoms with van der Waals surface area (Å²) < 4.78 is 61.4. The number of rotatable bonds is 10. The number of aliphatic hydroxyl groups is 2. The Balaban J connectivity index is 0.980. The van der Waals surface area contributed by atoms with Gasteiger partial charge in [0.25, 0.3) is 0 Å². The quantitative estimate of drug-likeness (QED) is 0.0527. The van der Waals surface area contributed by atoms with E-state index in [4.69, 9.17) is 52.1 Å². The van der Waals surface area contributed by atoms with E-state index in [0.29, 0.717) is 48.5 Å². The number of benzene rings is 8. The summed E-state index contributed by atoms with van der Waals surface area (Å²) in [5, 5.41) is 271. The lowest BCUT2D eigenvalue weighted by atomic mass is 9.91. The minimum atomic E-state index is -3.04. The standard InChI is InChI=1S/C68H50O44/c69-22-1-14(2-23(70)39(22)79)59(94)109-57-56-34(13-103-62(97)17-7-28(75)42(82)47(87)35(17)36-19(65(100)108-56)9-30(77)43(83)48(36)88)106-68(58(57)110-60(95)15-3-24(71)40(80)25(72)4-15)112-66(101)21-10-31(78)45(85)51(91)54(21)104-32-11-20-38(50(90)46(32)86)37-18(8-29(76)44(84)49(37)89)64(99)107-55-33(12-102-63(20)98)105-67(53(93)52(55)92)111-61(96)16-5-26(73)41(81)27(74)6-16/h1-11,33-34,52-53,55-58,67-93H,12-13H2/t33-,34-,52-,53?,55-,56-,57+,58-,67+,68+/m1/s1. The Kier molecular flexibility index (Phi) is 19.3. The van der Waals surface area contributed by atoms with Crippen molar-refractivity contribution in [3.05, 3.63) is 111 Å². The minimum absolute atomic E-state index is 0.138. The van der Waals surface area contributed by atoms with Gasteiger partial charge in [-0.05, 0) is 54.6 Å². The van der Waals surface area contributed by atoms with Crippen LogP contribution in [0, 0.1) is 0 Å². The van der Waals surface area contributed by atoms with E-state index in [-0.39, 0.29) is 18.2 Å². The molecule has 8 aromatic rings. The number of carbonyl (C=O) groups excluding carboxylic acids is 8. The Bertz CT molecular complexity index is 5320. The second-order valence-electron chi connectivity index (χ2n) is 24.3. The number of cyclic esters (lactones) is 2. The van der Waals surface area contributed by atoms with Gasteiger partial charge in [-0.1, -0.05) is 0 Å². The number of carbonyl (C=O) groups is 8. The predicted molar refractivity (Wildman–Crippen MR) is 345 cm³/mol. The molecule has 2 fully saturated rings. The molecule has 44 nitrogen and oxygen atoms in total. The van der Waals surface area contributed by atoms with E-state index in [1.165, 1.54) is 0 Å². The van der Waals surface area contributed by atoms with Crippen LogP contribution in [0.25, 0.3) is 22.3 Å².